The van der Waals surface area contributed by atoms with E-state index in [4.69, 9.17) is 0 Å². The summed E-state index contributed by atoms with van der Waals surface area (Å²) in [6.45, 7) is 13.9. The van der Waals surface area contributed by atoms with Gasteiger partial charge >= 0.3 is 6.18 Å². The molecule has 0 saturated carbocycles. The Kier molecular flexibility index (Phi) is 9.71. The molecular weight excluding hydrogens is 343 g/mol. The van der Waals surface area contributed by atoms with Gasteiger partial charge in [0.1, 0.15) is 0 Å². The Morgan fingerprint density at radius 3 is 2.38 bits per heavy atom. The average molecular weight is 380 g/mol. The number of hydrogen-bond donors (Lipinski definition) is 2. The SMILES string of the molecule is CCNC(=NCC1CCN(CC(F)(F)F)C1)NCCN(C(C)C)C(C)C. The summed E-state index contributed by atoms with van der Waals surface area (Å²) >= 11 is 0. The first-order chi connectivity index (χ1) is 12.1. The quantitative estimate of drug-likeness (QED) is 0.477. The fraction of sp³-hybridized carbons (Fsp3) is 0.944. The van der Waals surface area contributed by atoms with E-state index >= 15 is 0 Å². The summed E-state index contributed by atoms with van der Waals surface area (Å²) in [4.78, 5) is 8.46. The summed E-state index contributed by atoms with van der Waals surface area (Å²) in [5.74, 6) is 0.935. The maximum absolute atomic E-state index is 12.5. The molecule has 1 saturated heterocycles. The summed E-state index contributed by atoms with van der Waals surface area (Å²) in [6, 6.07) is 0.962. The summed E-state index contributed by atoms with van der Waals surface area (Å²) in [6.07, 6.45) is -3.35. The Morgan fingerprint density at radius 2 is 1.85 bits per heavy atom. The van der Waals surface area contributed by atoms with Crippen LogP contribution in [-0.2, 0) is 0 Å². The van der Waals surface area contributed by atoms with Crippen LogP contribution in [0.5, 0.6) is 0 Å². The lowest BCUT2D eigenvalue weighted by atomic mass is 10.1. The topological polar surface area (TPSA) is 42.9 Å². The third kappa shape index (κ3) is 9.07. The molecule has 26 heavy (non-hydrogen) atoms. The second-order valence-corrected chi connectivity index (χ2v) is 7.58. The zero-order chi connectivity index (χ0) is 19.7. The maximum atomic E-state index is 12.5. The van der Waals surface area contributed by atoms with Crippen molar-refractivity contribution >= 4 is 5.96 Å². The predicted molar refractivity (Wildman–Crippen MR) is 102 cm³/mol. The Morgan fingerprint density at radius 1 is 1.19 bits per heavy atom. The van der Waals surface area contributed by atoms with Gasteiger partial charge in [0.25, 0.3) is 0 Å². The van der Waals surface area contributed by atoms with Crippen LogP contribution in [0.1, 0.15) is 41.0 Å². The molecule has 0 amide bonds. The van der Waals surface area contributed by atoms with Gasteiger partial charge in [-0.2, -0.15) is 13.2 Å². The Balaban J connectivity index is 2.44. The number of likely N-dealkylation sites (tertiary alicyclic amines) is 1. The standard InChI is InChI=1S/C18H36F3N5/c1-6-22-17(23-8-10-26(14(2)3)15(4)5)24-11-16-7-9-25(12-16)13-18(19,20)21/h14-16H,6-13H2,1-5H3,(H2,22,23,24). The molecule has 0 aliphatic carbocycles. The van der Waals surface area contributed by atoms with Crippen molar-refractivity contribution < 1.29 is 13.2 Å². The lowest BCUT2D eigenvalue weighted by Gasteiger charge is -2.30. The van der Waals surface area contributed by atoms with E-state index < -0.39 is 12.7 Å². The third-order valence-corrected chi connectivity index (χ3v) is 4.61. The zero-order valence-corrected chi connectivity index (χ0v) is 16.9. The van der Waals surface area contributed by atoms with E-state index in [0.29, 0.717) is 31.7 Å². The van der Waals surface area contributed by atoms with Gasteiger partial charge in [0.05, 0.1) is 6.54 Å². The van der Waals surface area contributed by atoms with Crippen molar-refractivity contribution in [3.63, 3.8) is 0 Å². The lowest BCUT2D eigenvalue weighted by molar-refractivity contribution is -0.143. The molecule has 1 heterocycles. The van der Waals surface area contributed by atoms with Gasteiger partial charge in [-0.1, -0.05) is 0 Å². The Bertz CT molecular complexity index is 416. The molecule has 0 spiro atoms. The third-order valence-electron chi connectivity index (χ3n) is 4.61. The summed E-state index contributed by atoms with van der Waals surface area (Å²) < 4.78 is 37.4. The zero-order valence-electron chi connectivity index (χ0n) is 16.9. The fourth-order valence-electron chi connectivity index (χ4n) is 3.44. The highest BCUT2D eigenvalue weighted by Crippen LogP contribution is 2.22. The Hall–Kier alpha value is -1.02. The summed E-state index contributed by atoms with van der Waals surface area (Å²) in [5.41, 5.74) is 0. The van der Waals surface area contributed by atoms with Crippen LogP contribution in [0.4, 0.5) is 13.2 Å². The van der Waals surface area contributed by atoms with Gasteiger partial charge in [0.2, 0.25) is 0 Å². The molecule has 1 aliphatic rings. The number of aliphatic imine (C=N–C) groups is 1. The van der Waals surface area contributed by atoms with Gasteiger partial charge in [-0.25, -0.2) is 0 Å². The van der Waals surface area contributed by atoms with Crippen molar-refractivity contribution in [3.05, 3.63) is 0 Å². The number of halogens is 3. The number of nitrogens with one attached hydrogen (secondary N) is 2. The van der Waals surface area contributed by atoms with Crippen LogP contribution < -0.4 is 10.6 Å². The second-order valence-electron chi connectivity index (χ2n) is 7.58. The monoisotopic (exact) mass is 379 g/mol. The highest BCUT2D eigenvalue weighted by atomic mass is 19.4. The van der Waals surface area contributed by atoms with E-state index in [9.17, 15) is 13.2 Å². The lowest BCUT2D eigenvalue weighted by Crippen LogP contribution is -2.45. The highest BCUT2D eigenvalue weighted by molar-refractivity contribution is 5.79. The first-order valence-electron chi connectivity index (χ1n) is 9.69. The summed E-state index contributed by atoms with van der Waals surface area (Å²) in [7, 11) is 0. The number of alkyl halides is 3. The van der Waals surface area contributed by atoms with E-state index in [0.717, 1.165) is 32.0 Å². The normalized spacial score (nSPS) is 19.8. The molecule has 0 aromatic carbocycles. The van der Waals surface area contributed by atoms with Crippen LogP contribution in [0.25, 0.3) is 0 Å². The fourth-order valence-corrected chi connectivity index (χ4v) is 3.44. The van der Waals surface area contributed by atoms with Crippen molar-refractivity contribution in [3.8, 4) is 0 Å². The van der Waals surface area contributed by atoms with E-state index in [1.54, 1.807) is 0 Å². The molecule has 1 rings (SSSR count). The molecule has 0 aromatic rings. The van der Waals surface area contributed by atoms with Crippen molar-refractivity contribution in [1.29, 1.82) is 0 Å². The molecule has 2 N–H and O–H groups in total. The molecule has 1 unspecified atom stereocenters. The van der Waals surface area contributed by atoms with E-state index in [-0.39, 0.29) is 5.92 Å². The first-order valence-corrected chi connectivity index (χ1v) is 9.69. The smallest absolute Gasteiger partial charge is 0.357 e. The number of nitrogens with zero attached hydrogens (tertiary/aromatic N) is 3. The molecular formula is C18H36F3N5. The molecule has 8 heteroatoms. The molecule has 5 nitrogen and oxygen atoms in total. The summed E-state index contributed by atoms with van der Waals surface area (Å²) in [5, 5.41) is 6.55. The molecule has 0 aromatic heterocycles. The number of guanidine groups is 1. The largest absolute Gasteiger partial charge is 0.401 e. The van der Waals surface area contributed by atoms with Gasteiger partial charge in [-0.3, -0.25) is 14.8 Å². The Labute approximate surface area is 156 Å². The molecule has 154 valence electrons. The van der Waals surface area contributed by atoms with Crippen molar-refractivity contribution in [2.75, 3.05) is 45.8 Å². The minimum absolute atomic E-state index is 0.190. The van der Waals surface area contributed by atoms with E-state index in [2.05, 4.69) is 48.2 Å². The van der Waals surface area contributed by atoms with Gasteiger partial charge in [0.15, 0.2) is 5.96 Å². The molecule has 1 aliphatic heterocycles. The minimum atomic E-state index is -4.12. The van der Waals surface area contributed by atoms with Gasteiger partial charge in [-0.05, 0) is 53.5 Å². The highest BCUT2D eigenvalue weighted by Gasteiger charge is 2.34. The van der Waals surface area contributed by atoms with Crippen LogP contribution in [0.3, 0.4) is 0 Å². The minimum Gasteiger partial charge on any atom is -0.357 e. The molecule has 1 atom stereocenters. The van der Waals surface area contributed by atoms with Crippen molar-refractivity contribution in [2.45, 2.75) is 59.3 Å². The number of rotatable bonds is 9. The molecule has 1 fully saturated rings. The van der Waals surface area contributed by atoms with Crippen LogP contribution in [0.2, 0.25) is 0 Å². The first kappa shape index (κ1) is 23.0. The van der Waals surface area contributed by atoms with Gasteiger partial charge in [-0.15, -0.1) is 0 Å². The van der Waals surface area contributed by atoms with Crippen molar-refractivity contribution in [1.82, 2.24) is 20.4 Å². The maximum Gasteiger partial charge on any atom is 0.401 e. The van der Waals surface area contributed by atoms with Crippen LogP contribution in [-0.4, -0.2) is 79.8 Å². The van der Waals surface area contributed by atoms with Gasteiger partial charge in [0, 0.05) is 44.8 Å². The second kappa shape index (κ2) is 11.0. The van der Waals surface area contributed by atoms with Crippen LogP contribution >= 0.6 is 0 Å². The van der Waals surface area contributed by atoms with Crippen LogP contribution in [0.15, 0.2) is 4.99 Å². The molecule has 0 bridgehead atoms. The number of hydrogen-bond acceptors (Lipinski definition) is 3. The average Bonchev–Trinajstić information content (AvgIpc) is 2.93. The van der Waals surface area contributed by atoms with Crippen molar-refractivity contribution in [2.24, 2.45) is 10.9 Å². The van der Waals surface area contributed by atoms with Gasteiger partial charge < -0.3 is 10.6 Å². The van der Waals surface area contributed by atoms with Crippen LogP contribution in [0, 0.1) is 5.92 Å². The molecule has 0 radical (unpaired) electrons. The predicted octanol–water partition coefficient (Wildman–Crippen LogP) is 2.54. The van der Waals surface area contributed by atoms with E-state index in [1.165, 1.54) is 4.90 Å². The van der Waals surface area contributed by atoms with E-state index in [1.807, 2.05) is 6.92 Å².